The van der Waals surface area contributed by atoms with E-state index in [1.54, 1.807) is 13.1 Å². The zero-order valence-corrected chi connectivity index (χ0v) is 19.1. The van der Waals surface area contributed by atoms with E-state index in [9.17, 15) is 14.0 Å². The average Bonchev–Trinajstić information content (AvgIpc) is 2.95. The molecule has 9 heteroatoms. The van der Waals surface area contributed by atoms with Crippen molar-refractivity contribution in [3.63, 3.8) is 0 Å². The molecule has 2 aromatic rings. The monoisotopic (exact) mass is 449 g/mol. The number of imidazole rings is 1. The standard InChI is InChI=1S/C22H29ClFN5O2/c1-13(2)10-17(21(30)25-3)26-22(31)19-18-12-28(4)8-5-9-29(18)20(27-19)14-6-7-16(24)15(23)11-14/h6-7,11,13,17H,5,8-10,12H2,1-4H3,(H,25,30)(H,26,31)/t17-/m0/s1. The van der Waals surface area contributed by atoms with Crippen LogP contribution in [0.25, 0.3) is 11.4 Å². The van der Waals surface area contributed by atoms with E-state index in [0.717, 1.165) is 18.7 Å². The van der Waals surface area contributed by atoms with Crippen LogP contribution in [0.2, 0.25) is 5.02 Å². The summed E-state index contributed by atoms with van der Waals surface area (Å²) in [5, 5.41) is 5.47. The van der Waals surface area contributed by atoms with Crippen LogP contribution in [0.1, 0.15) is 42.9 Å². The molecule has 1 aromatic carbocycles. The van der Waals surface area contributed by atoms with Crippen molar-refractivity contribution in [2.75, 3.05) is 20.6 Å². The molecule has 1 aliphatic rings. The summed E-state index contributed by atoms with van der Waals surface area (Å²) in [7, 11) is 3.54. The minimum absolute atomic E-state index is 0.00297. The first kappa shape index (κ1) is 23.2. The fourth-order valence-corrected chi connectivity index (χ4v) is 4.04. The maximum Gasteiger partial charge on any atom is 0.272 e. The Morgan fingerprint density at radius 3 is 2.68 bits per heavy atom. The quantitative estimate of drug-likeness (QED) is 0.710. The third-order valence-corrected chi connectivity index (χ3v) is 5.67. The van der Waals surface area contributed by atoms with Gasteiger partial charge in [-0.2, -0.15) is 0 Å². The molecule has 0 radical (unpaired) electrons. The minimum atomic E-state index is -0.651. The van der Waals surface area contributed by atoms with Crippen LogP contribution in [0, 0.1) is 11.7 Å². The van der Waals surface area contributed by atoms with Crippen molar-refractivity contribution >= 4 is 23.4 Å². The molecule has 3 rings (SSSR count). The molecular formula is C22H29ClFN5O2. The summed E-state index contributed by atoms with van der Waals surface area (Å²) in [6.07, 6.45) is 1.40. The van der Waals surface area contributed by atoms with Crippen molar-refractivity contribution in [2.45, 2.75) is 45.8 Å². The molecule has 1 aliphatic heterocycles. The lowest BCUT2D eigenvalue weighted by atomic mass is 10.0. The van der Waals surface area contributed by atoms with Gasteiger partial charge in [-0.1, -0.05) is 25.4 Å². The molecule has 168 valence electrons. The molecule has 0 bridgehead atoms. The number of rotatable bonds is 6. The van der Waals surface area contributed by atoms with Crippen LogP contribution in [0.5, 0.6) is 0 Å². The van der Waals surface area contributed by atoms with Crippen molar-refractivity contribution < 1.29 is 14.0 Å². The largest absolute Gasteiger partial charge is 0.357 e. The van der Waals surface area contributed by atoms with E-state index in [4.69, 9.17) is 11.6 Å². The van der Waals surface area contributed by atoms with Crippen LogP contribution < -0.4 is 10.6 Å². The fraction of sp³-hybridized carbons (Fsp3) is 0.500. The molecular weight excluding hydrogens is 421 g/mol. The fourth-order valence-electron chi connectivity index (χ4n) is 3.86. The number of hydrogen-bond acceptors (Lipinski definition) is 4. The van der Waals surface area contributed by atoms with Gasteiger partial charge in [0.05, 0.1) is 10.7 Å². The van der Waals surface area contributed by atoms with Gasteiger partial charge in [0, 0.05) is 25.7 Å². The van der Waals surface area contributed by atoms with E-state index >= 15 is 0 Å². The van der Waals surface area contributed by atoms with Gasteiger partial charge in [0.25, 0.3) is 5.91 Å². The van der Waals surface area contributed by atoms with E-state index in [0.29, 0.717) is 30.9 Å². The highest BCUT2D eigenvalue weighted by Crippen LogP contribution is 2.29. The molecule has 1 aromatic heterocycles. The summed E-state index contributed by atoms with van der Waals surface area (Å²) in [5.41, 5.74) is 1.69. The number of nitrogens with one attached hydrogen (secondary N) is 2. The smallest absolute Gasteiger partial charge is 0.272 e. The molecule has 2 amide bonds. The Morgan fingerprint density at radius 2 is 2.03 bits per heavy atom. The highest BCUT2D eigenvalue weighted by Gasteiger charge is 2.29. The summed E-state index contributed by atoms with van der Waals surface area (Å²) >= 11 is 6.00. The predicted molar refractivity (Wildman–Crippen MR) is 118 cm³/mol. The predicted octanol–water partition coefficient (Wildman–Crippen LogP) is 3.07. The van der Waals surface area contributed by atoms with Crippen LogP contribution in [-0.4, -0.2) is 52.9 Å². The summed E-state index contributed by atoms with van der Waals surface area (Å²) in [6, 6.07) is 3.78. The second-order valence-corrected chi connectivity index (χ2v) is 8.78. The SMILES string of the molecule is CNC(=O)[C@H](CC(C)C)NC(=O)c1nc(-c2ccc(F)c(Cl)c2)n2c1CN(C)CCC2. The Balaban J connectivity index is 2.03. The molecule has 2 N–H and O–H groups in total. The minimum Gasteiger partial charge on any atom is -0.357 e. The van der Waals surface area contributed by atoms with Gasteiger partial charge in [-0.05, 0) is 50.6 Å². The second kappa shape index (κ2) is 9.78. The summed E-state index contributed by atoms with van der Waals surface area (Å²) in [5.74, 6) is -0.349. The first-order chi connectivity index (χ1) is 14.7. The van der Waals surface area contributed by atoms with Gasteiger partial charge in [-0.3, -0.25) is 9.59 Å². The van der Waals surface area contributed by atoms with Crippen molar-refractivity contribution in [2.24, 2.45) is 5.92 Å². The van der Waals surface area contributed by atoms with E-state index in [1.807, 2.05) is 25.5 Å². The third kappa shape index (κ3) is 5.25. The van der Waals surface area contributed by atoms with Crippen LogP contribution in [-0.2, 0) is 17.9 Å². The van der Waals surface area contributed by atoms with Gasteiger partial charge >= 0.3 is 0 Å². The number of halogens is 2. The lowest BCUT2D eigenvalue weighted by molar-refractivity contribution is -0.122. The Kier molecular flexibility index (Phi) is 7.33. The van der Waals surface area contributed by atoms with Crippen molar-refractivity contribution in [3.05, 3.63) is 40.4 Å². The number of fused-ring (bicyclic) bond motifs is 1. The van der Waals surface area contributed by atoms with Gasteiger partial charge < -0.3 is 20.1 Å². The molecule has 0 spiro atoms. The molecule has 7 nitrogen and oxygen atoms in total. The maximum absolute atomic E-state index is 13.7. The normalized spacial score (nSPS) is 15.3. The Morgan fingerprint density at radius 1 is 1.29 bits per heavy atom. The zero-order chi connectivity index (χ0) is 22.7. The number of carbonyl (C=O) groups excluding carboxylic acids is 2. The zero-order valence-electron chi connectivity index (χ0n) is 18.3. The van der Waals surface area contributed by atoms with Gasteiger partial charge in [-0.15, -0.1) is 0 Å². The number of likely N-dealkylation sites (N-methyl/N-ethyl adjacent to an activating group) is 1. The number of aromatic nitrogens is 2. The van der Waals surface area contributed by atoms with Crippen molar-refractivity contribution in [1.29, 1.82) is 0 Å². The number of benzene rings is 1. The third-order valence-electron chi connectivity index (χ3n) is 5.38. The van der Waals surface area contributed by atoms with Crippen LogP contribution in [0.15, 0.2) is 18.2 Å². The summed E-state index contributed by atoms with van der Waals surface area (Å²) < 4.78 is 15.7. The number of amides is 2. The summed E-state index contributed by atoms with van der Waals surface area (Å²) in [6.45, 7) is 6.08. The van der Waals surface area contributed by atoms with E-state index < -0.39 is 17.8 Å². The highest BCUT2D eigenvalue weighted by molar-refractivity contribution is 6.31. The highest BCUT2D eigenvalue weighted by atomic mass is 35.5. The first-order valence-corrected chi connectivity index (χ1v) is 10.8. The molecule has 0 saturated heterocycles. The topological polar surface area (TPSA) is 79.3 Å². The van der Waals surface area contributed by atoms with Crippen molar-refractivity contribution in [1.82, 2.24) is 25.1 Å². The summed E-state index contributed by atoms with van der Waals surface area (Å²) in [4.78, 5) is 32.3. The lowest BCUT2D eigenvalue weighted by Gasteiger charge is -2.19. The molecule has 0 saturated carbocycles. The van der Waals surface area contributed by atoms with E-state index in [1.165, 1.54) is 12.1 Å². The number of hydrogen-bond donors (Lipinski definition) is 2. The van der Waals surface area contributed by atoms with Crippen LogP contribution in [0.3, 0.4) is 0 Å². The van der Waals surface area contributed by atoms with Gasteiger partial charge in [0.15, 0.2) is 5.69 Å². The van der Waals surface area contributed by atoms with Crippen molar-refractivity contribution in [3.8, 4) is 11.4 Å². The lowest BCUT2D eigenvalue weighted by Crippen LogP contribution is -2.46. The van der Waals surface area contributed by atoms with E-state index in [-0.39, 0.29) is 22.5 Å². The number of carbonyl (C=O) groups is 2. The molecule has 0 aliphatic carbocycles. The molecule has 31 heavy (non-hydrogen) atoms. The Hall–Kier alpha value is -2.45. The number of nitrogens with zero attached hydrogens (tertiary/aromatic N) is 3. The van der Waals surface area contributed by atoms with Gasteiger partial charge in [0.2, 0.25) is 5.91 Å². The molecule has 0 unspecified atom stereocenters. The van der Waals surface area contributed by atoms with Crippen LogP contribution >= 0.6 is 11.6 Å². The van der Waals surface area contributed by atoms with Gasteiger partial charge in [-0.25, -0.2) is 9.37 Å². The molecule has 2 heterocycles. The average molecular weight is 450 g/mol. The maximum atomic E-state index is 13.7. The van der Waals surface area contributed by atoms with Crippen LogP contribution in [0.4, 0.5) is 4.39 Å². The first-order valence-electron chi connectivity index (χ1n) is 10.5. The van der Waals surface area contributed by atoms with Gasteiger partial charge in [0.1, 0.15) is 17.7 Å². The molecule has 1 atom stereocenters. The second-order valence-electron chi connectivity index (χ2n) is 8.37. The Labute approximate surface area is 187 Å². The molecule has 0 fully saturated rings. The Bertz CT molecular complexity index is 975. The van der Waals surface area contributed by atoms with E-state index in [2.05, 4.69) is 20.5 Å².